The summed E-state index contributed by atoms with van der Waals surface area (Å²) in [6.07, 6.45) is 1.48. The first kappa shape index (κ1) is 13.3. The van der Waals surface area contributed by atoms with Gasteiger partial charge in [0.25, 0.3) is 5.91 Å². The van der Waals surface area contributed by atoms with Crippen LogP contribution in [-0.2, 0) is 5.60 Å². The molecule has 0 spiro atoms. The molecular weight excluding hydrogens is 244 g/mol. The second kappa shape index (κ2) is 5.24. The summed E-state index contributed by atoms with van der Waals surface area (Å²) in [5, 5.41) is 12.8. The molecule has 0 fully saturated rings. The van der Waals surface area contributed by atoms with E-state index in [1.165, 1.54) is 6.26 Å². The molecule has 2 rings (SSSR count). The lowest BCUT2D eigenvalue weighted by atomic mass is 10.0. The predicted octanol–water partition coefficient (Wildman–Crippen LogP) is 1.62. The summed E-state index contributed by atoms with van der Waals surface area (Å²) < 4.78 is 5.14. The van der Waals surface area contributed by atoms with Gasteiger partial charge in [-0.2, -0.15) is 0 Å². The number of nitrogens with zero attached hydrogens (tertiary/aromatic N) is 1. The predicted molar refractivity (Wildman–Crippen MR) is 69.6 cm³/mol. The number of pyridine rings is 1. The van der Waals surface area contributed by atoms with Crippen LogP contribution in [0.3, 0.4) is 0 Å². The largest absolute Gasteiger partial charge is 0.466 e. The van der Waals surface area contributed by atoms with E-state index in [1.807, 2.05) is 13.0 Å². The third-order valence-corrected chi connectivity index (χ3v) is 2.77. The number of rotatable bonds is 4. The van der Waals surface area contributed by atoms with Crippen LogP contribution in [0.25, 0.3) is 0 Å². The van der Waals surface area contributed by atoms with E-state index >= 15 is 0 Å². The lowest BCUT2D eigenvalue weighted by Crippen LogP contribution is -2.38. The van der Waals surface area contributed by atoms with Gasteiger partial charge in [-0.25, -0.2) is 4.98 Å². The van der Waals surface area contributed by atoms with Crippen molar-refractivity contribution in [3.63, 3.8) is 0 Å². The average molecular weight is 260 g/mol. The first-order chi connectivity index (χ1) is 8.99. The van der Waals surface area contributed by atoms with E-state index in [4.69, 9.17) is 4.42 Å². The molecule has 2 heterocycles. The standard InChI is InChI=1S/C14H16N2O3/c1-10-5-3-6-11(16-10)13(17)15-9-14(2,18)12-7-4-8-19-12/h3-8,18H,9H2,1-2H3,(H,15,17). The van der Waals surface area contributed by atoms with Crippen molar-refractivity contribution >= 4 is 5.91 Å². The van der Waals surface area contributed by atoms with Gasteiger partial charge in [0.15, 0.2) is 0 Å². The topological polar surface area (TPSA) is 75.4 Å². The number of aliphatic hydroxyl groups is 1. The first-order valence-corrected chi connectivity index (χ1v) is 5.97. The van der Waals surface area contributed by atoms with Crippen LogP contribution in [-0.4, -0.2) is 22.5 Å². The van der Waals surface area contributed by atoms with E-state index in [0.717, 1.165) is 5.69 Å². The number of aromatic nitrogens is 1. The van der Waals surface area contributed by atoms with Crippen LogP contribution in [0.2, 0.25) is 0 Å². The fourth-order valence-electron chi connectivity index (χ4n) is 1.68. The number of hydrogen-bond donors (Lipinski definition) is 2. The highest BCUT2D eigenvalue weighted by Gasteiger charge is 2.27. The number of aryl methyl sites for hydroxylation is 1. The first-order valence-electron chi connectivity index (χ1n) is 5.97. The van der Waals surface area contributed by atoms with Crippen molar-refractivity contribution in [2.75, 3.05) is 6.54 Å². The summed E-state index contributed by atoms with van der Waals surface area (Å²) in [7, 11) is 0. The number of carbonyl (C=O) groups excluding carboxylic acids is 1. The molecule has 2 aromatic heterocycles. The van der Waals surface area contributed by atoms with Gasteiger partial charge in [-0.1, -0.05) is 6.07 Å². The van der Waals surface area contributed by atoms with Crippen molar-refractivity contribution in [3.8, 4) is 0 Å². The van der Waals surface area contributed by atoms with Gasteiger partial charge in [-0.05, 0) is 38.1 Å². The Morgan fingerprint density at radius 2 is 2.21 bits per heavy atom. The van der Waals surface area contributed by atoms with Crippen molar-refractivity contribution in [2.45, 2.75) is 19.4 Å². The molecule has 0 aliphatic rings. The number of amides is 1. The molecule has 19 heavy (non-hydrogen) atoms. The summed E-state index contributed by atoms with van der Waals surface area (Å²) in [6, 6.07) is 8.56. The van der Waals surface area contributed by atoms with Crippen LogP contribution in [0.5, 0.6) is 0 Å². The molecule has 2 N–H and O–H groups in total. The van der Waals surface area contributed by atoms with Gasteiger partial charge in [0.2, 0.25) is 0 Å². The highest BCUT2D eigenvalue weighted by molar-refractivity contribution is 5.92. The Labute approximate surface area is 111 Å². The van der Waals surface area contributed by atoms with Crippen molar-refractivity contribution in [2.24, 2.45) is 0 Å². The molecule has 1 unspecified atom stereocenters. The van der Waals surface area contributed by atoms with Crippen molar-refractivity contribution in [1.82, 2.24) is 10.3 Å². The Morgan fingerprint density at radius 1 is 1.42 bits per heavy atom. The van der Waals surface area contributed by atoms with Crippen LogP contribution in [0.15, 0.2) is 41.0 Å². The molecule has 5 heteroatoms. The van der Waals surface area contributed by atoms with E-state index in [2.05, 4.69) is 10.3 Å². The molecule has 0 saturated heterocycles. The lowest BCUT2D eigenvalue weighted by molar-refractivity contribution is 0.0329. The van der Waals surface area contributed by atoms with E-state index in [1.54, 1.807) is 31.2 Å². The van der Waals surface area contributed by atoms with Crippen LogP contribution in [0.4, 0.5) is 0 Å². The van der Waals surface area contributed by atoms with E-state index < -0.39 is 5.60 Å². The minimum atomic E-state index is -1.25. The van der Waals surface area contributed by atoms with Crippen LogP contribution in [0.1, 0.15) is 28.9 Å². The molecule has 1 amide bonds. The number of hydrogen-bond acceptors (Lipinski definition) is 4. The molecular formula is C14H16N2O3. The third kappa shape index (κ3) is 3.20. The normalized spacial score (nSPS) is 13.8. The molecule has 0 aliphatic carbocycles. The fourth-order valence-corrected chi connectivity index (χ4v) is 1.68. The highest BCUT2D eigenvalue weighted by Crippen LogP contribution is 2.19. The van der Waals surface area contributed by atoms with Crippen molar-refractivity contribution in [1.29, 1.82) is 0 Å². The summed E-state index contributed by atoms with van der Waals surface area (Å²) in [6.45, 7) is 3.44. The molecule has 0 aromatic carbocycles. The third-order valence-electron chi connectivity index (χ3n) is 2.77. The SMILES string of the molecule is Cc1cccc(C(=O)NCC(C)(O)c2ccco2)n1. The molecule has 0 radical (unpaired) electrons. The van der Waals surface area contributed by atoms with E-state index in [0.29, 0.717) is 11.5 Å². The maximum absolute atomic E-state index is 11.9. The Bertz CT molecular complexity index is 562. The number of nitrogens with one attached hydrogen (secondary N) is 1. The molecule has 100 valence electrons. The molecule has 0 saturated carbocycles. The Morgan fingerprint density at radius 3 is 2.84 bits per heavy atom. The monoisotopic (exact) mass is 260 g/mol. The molecule has 0 aliphatic heterocycles. The van der Waals surface area contributed by atoms with Gasteiger partial charge in [0.05, 0.1) is 12.8 Å². The minimum Gasteiger partial charge on any atom is -0.466 e. The van der Waals surface area contributed by atoms with Gasteiger partial charge in [-0.15, -0.1) is 0 Å². The number of carbonyl (C=O) groups is 1. The van der Waals surface area contributed by atoms with Gasteiger partial charge < -0.3 is 14.8 Å². The van der Waals surface area contributed by atoms with Crippen LogP contribution >= 0.6 is 0 Å². The summed E-state index contributed by atoms with van der Waals surface area (Å²) >= 11 is 0. The smallest absolute Gasteiger partial charge is 0.269 e. The zero-order valence-electron chi connectivity index (χ0n) is 10.9. The Kier molecular flexibility index (Phi) is 3.66. The maximum Gasteiger partial charge on any atom is 0.269 e. The molecule has 0 bridgehead atoms. The van der Waals surface area contributed by atoms with Gasteiger partial charge in [0.1, 0.15) is 17.1 Å². The minimum absolute atomic E-state index is 0.0506. The summed E-state index contributed by atoms with van der Waals surface area (Å²) in [4.78, 5) is 16.0. The average Bonchev–Trinajstić information content (AvgIpc) is 2.90. The zero-order chi connectivity index (χ0) is 13.9. The quantitative estimate of drug-likeness (QED) is 0.876. The second-order valence-electron chi connectivity index (χ2n) is 4.60. The maximum atomic E-state index is 11.9. The molecule has 5 nitrogen and oxygen atoms in total. The Hall–Kier alpha value is -2.14. The van der Waals surface area contributed by atoms with Crippen LogP contribution in [0, 0.1) is 6.92 Å². The highest BCUT2D eigenvalue weighted by atomic mass is 16.4. The molecule has 1 atom stereocenters. The summed E-state index contributed by atoms with van der Waals surface area (Å²) in [5.41, 5.74) is -0.149. The van der Waals surface area contributed by atoms with E-state index in [-0.39, 0.29) is 12.5 Å². The van der Waals surface area contributed by atoms with E-state index in [9.17, 15) is 9.90 Å². The van der Waals surface area contributed by atoms with Crippen LogP contribution < -0.4 is 5.32 Å². The lowest BCUT2D eigenvalue weighted by Gasteiger charge is -2.21. The summed E-state index contributed by atoms with van der Waals surface area (Å²) in [5.74, 6) is 0.0838. The zero-order valence-corrected chi connectivity index (χ0v) is 10.9. The van der Waals surface area contributed by atoms with Gasteiger partial charge >= 0.3 is 0 Å². The van der Waals surface area contributed by atoms with Crippen molar-refractivity contribution < 1.29 is 14.3 Å². The molecule has 2 aromatic rings. The number of furan rings is 1. The van der Waals surface area contributed by atoms with Crippen molar-refractivity contribution in [3.05, 3.63) is 53.7 Å². The van der Waals surface area contributed by atoms with Gasteiger partial charge in [-0.3, -0.25) is 4.79 Å². The van der Waals surface area contributed by atoms with Gasteiger partial charge in [0, 0.05) is 5.69 Å². The second-order valence-corrected chi connectivity index (χ2v) is 4.60. The Balaban J connectivity index is 2.01. The fraction of sp³-hybridized carbons (Fsp3) is 0.286.